The highest BCUT2D eigenvalue weighted by atomic mass is 19.1. The number of likely N-dealkylation sites (tertiary alicyclic amines) is 1. The highest BCUT2D eigenvalue weighted by molar-refractivity contribution is 5.82. The summed E-state index contributed by atoms with van der Waals surface area (Å²) in [5.41, 5.74) is 0. The molecule has 0 spiro atoms. The van der Waals surface area contributed by atoms with E-state index < -0.39 is 17.9 Å². The number of hydrogen-bond acceptors (Lipinski definition) is 3. The second-order valence-electron chi connectivity index (χ2n) is 4.92. The summed E-state index contributed by atoms with van der Waals surface area (Å²) in [6.45, 7) is 2.46. The largest absolute Gasteiger partial charge is 0.481 e. The van der Waals surface area contributed by atoms with Crippen molar-refractivity contribution in [2.24, 2.45) is 5.92 Å². The van der Waals surface area contributed by atoms with Crippen LogP contribution in [0.15, 0.2) is 24.3 Å². The van der Waals surface area contributed by atoms with Crippen LogP contribution in [0.25, 0.3) is 0 Å². The Morgan fingerprint density at radius 2 is 2.20 bits per heavy atom. The summed E-state index contributed by atoms with van der Waals surface area (Å²) in [6.07, 6.45) is -0.647. The van der Waals surface area contributed by atoms with E-state index in [1.807, 2.05) is 0 Å². The molecule has 1 fully saturated rings. The fourth-order valence-corrected chi connectivity index (χ4v) is 2.18. The Balaban J connectivity index is 1.83. The zero-order valence-electron chi connectivity index (χ0n) is 11.1. The Labute approximate surface area is 116 Å². The van der Waals surface area contributed by atoms with Crippen LogP contribution >= 0.6 is 0 Å². The van der Waals surface area contributed by atoms with Gasteiger partial charge in [0.05, 0.1) is 6.42 Å². The summed E-state index contributed by atoms with van der Waals surface area (Å²) in [5, 5.41) is 8.64. The Bertz CT molecular complexity index is 514. The standard InChI is InChI=1S/C14H16FNO4/c1-9(20-12-4-2-3-11(15)6-12)14(19)16-7-10(8-16)5-13(17)18/h2-4,6,9-10H,5,7-8H2,1H3,(H,17,18). The maximum atomic E-state index is 13.0. The van der Waals surface area contributed by atoms with E-state index >= 15 is 0 Å². The topological polar surface area (TPSA) is 66.8 Å². The van der Waals surface area contributed by atoms with E-state index in [1.54, 1.807) is 17.9 Å². The lowest BCUT2D eigenvalue weighted by Gasteiger charge is -2.39. The molecule has 1 aromatic rings. The number of ether oxygens (including phenoxy) is 1. The molecule has 6 heteroatoms. The molecule has 1 heterocycles. The Morgan fingerprint density at radius 3 is 2.80 bits per heavy atom. The van der Waals surface area contributed by atoms with Gasteiger partial charge in [-0.25, -0.2) is 4.39 Å². The average molecular weight is 281 g/mol. The molecule has 1 atom stereocenters. The van der Waals surface area contributed by atoms with E-state index in [9.17, 15) is 14.0 Å². The summed E-state index contributed by atoms with van der Waals surface area (Å²) >= 11 is 0. The van der Waals surface area contributed by atoms with E-state index in [-0.39, 0.29) is 18.2 Å². The smallest absolute Gasteiger partial charge is 0.303 e. The highest BCUT2D eigenvalue weighted by Crippen LogP contribution is 2.21. The van der Waals surface area contributed by atoms with Crippen LogP contribution in [0.4, 0.5) is 4.39 Å². The monoisotopic (exact) mass is 281 g/mol. The minimum Gasteiger partial charge on any atom is -0.481 e. The van der Waals surface area contributed by atoms with Crippen molar-refractivity contribution in [2.75, 3.05) is 13.1 Å². The van der Waals surface area contributed by atoms with Crippen molar-refractivity contribution in [1.82, 2.24) is 4.90 Å². The van der Waals surface area contributed by atoms with Gasteiger partial charge in [-0.2, -0.15) is 0 Å². The number of amides is 1. The van der Waals surface area contributed by atoms with Gasteiger partial charge < -0.3 is 14.7 Å². The third-order valence-corrected chi connectivity index (χ3v) is 3.19. The molecule has 1 aliphatic rings. The van der Waals surface area contributed by atoms with Crippen molar-refractivity contribution in [1.29, 1.82) is 0 Å². The summed E-state index contributed by atoms with van der Waals surface area (Å²) < 4.78 is 18.4. The second-order valence-corrected chi connectivity index (χ2v) is 4.92. The predicted molar refractivity (Wildman–Crippen MR) is 68.8 cm³/mol. The lowest BCUT2D eigenvalue weighted by atomic mass is 9.96. The van der Waals surface area contributed by atoms with Crippen LogP contribution in [-0.4, -0.2) is 41.1 Å². The lowest BCUT2D eigenvalue weighted by molar-refractivity contribution is -0.149. The molecule has 1 saturated heterocycles. The molecular formula is C14H16FNO4. The Hall–Kier alpha value is -2.11. The molecule has 0 aliphatic carbocycles. The van der Waals surface area contributed by atoms with E-state index in [0.29, 0.717) is 18.8 Å². The predicted octanol–water partition coefficient (Wildman–Crippen LogP) is 1.53. The highest BCUT2D eigenvalue weighted by Gasteiger charge is 2.34. The molecular weight excluding hydrogens is 265 g/mol. The molecule has 0 bridgehead atoms. The molecule has 20 heavy (non-hydrogen) atoms. The van der Waals surface area contributed by atoms with Crippen LogP contribution in [0.2, 0.25) is 0 Å². The van der Waals surface area contributed by atoms with Crippen LogP contribution in [0.5, 0.6) is 5.75 Å². The number of halogens is 1. The van der Waals surface area contributed by atoms with Gasteiger partial charge in [-0.1, -0.05) is 6.07 Å². The molecule has 1 unspecified atom stereocenters. The summed E-state index contributed by atoms with van der Waals surface area (Å²) in [5.74, 6) is -1.18. The first-order valence-corrected chi connectivity index (χ1v) is 6.38. The van der Waals surface area contributed by atoms with Gasteiger partial charge in [0.25, 0.3) is 5.91 Å². The second kappa shape index (κ2) is 5.90. The number of nitrogens with zero attached hydrogens (tertiary/aromatic N) is 1. The maximum absolute atomic E-state index is 13.0. The number of benzene rings is 1. The Morgan fingerprint density at radius 1 is 1.50 bits per heavy atom. The fraction of sp³-hybridized carbons (Fsp3) is 0.429. The van der Waals surface area contributed by atoms with Gasteiger partial charge >= 0.3 is 5.97 Å². The van der Waals surface area contributed by atoms with Gasteiger partial charge in [-0.15, -0.1) is 0 Å². The molecule has 5 nitrogen and oxygen atoms in total. The van der Waals surface area contributed by atoms with Crippen molar-refractivity contribution in [3.63, 3.8) is 0 Å². The van der Waals surface area contributed by atoms with Crippen LogP contribution in [0.3, 0.4) is 0 Å². The number of carboxylic acid groups (broad SMARTS) is 1. The summed E-state index contributed by atoms with van der Waals surface area (Å²) in [4.78, 5) is 24.1. The molecule has 0 saturated carbocycles. The lowest BCUT2D eigenvalue weighted by Crippen LogP contribution is -2.54. The normalized spacial score (nSPS) is 16.4. The molecule has 1 aliphatic heterocycles. The molecule has 0 aromatic heterocycles. The number of aliphatic carboxylic acids is 1. The number of hydrogen-bond donors (Lipinski definition) is 1. The van der Waals surface area contributed by atoms with Crippen molar-refractivity contribution < 1.29 is 23.8 Å². The van der Waals surface area contributed by atoms with E-state index in [0.717, 1.165) is 0 Å². The summed E-state index contributed by atoms with van der Waals surface area (Å²) in [6, 6.07) is 5.60. The number of carbonyl (C=O) groups excluding carboxylic acids is 1. The zero-order chi connectivity index (χ0) is 14.7. The van der Waals surface area contributed by atoms with Crippen LogP contribution < -0.4 is 4.74 Å². The fourth-order valence-electron chi connectivity index (χ4n) is 2.18. The van der Waals surface area contributed by atoms with E-state index in [1.165, 1.54) is 18.2 Å². The quantitative estimate of drug-likeness (QED) is 0.888. The van der Waals surface area contributed by atoms with Crippen molar-refractivity contribution in [2.45, 2.75) is 19.4 Å². The maximum Gasteiger partial charge on any atom is 0.303 e. The Kier molecular flexibility index (Phi) is 4.22. The first-order valence-electron chi connectivity index (χ1n) is 6.38. The molecule has 1 amide bonds. The number of carboxylic acids is 1. The van der Waals surface area contributed by atoms with Crippen molar-refractivity contribution in [3.05, 3.63) is 30.1 Å². The van der Waals surface area contributed by atoms with Crippen LogP contribution in [0, 0.1) is 11.7 Å². The number of rotatable bonds is 5. The van der Waals surface area contributed by atoms with E-state index in [2.05, 4.69) is 0 Å². The van der Waals surface area contributed by atoms with Crippen molar-refractivity contribution >= 4 is 11.9 Å². The first-order chi connectivity index (χ1) is 9.45. The third kappa shape index (κ3) is 3.46. The number of carbonyl (C=O) groups is 2. The molecule has 1 N–H and O–H groups in total. The van der Waals surface area contributed by atoms with Gasteiger partial charge in [0, 0.05) is 25.1 Å². The first kappa shape index (κ1) is 14.3. The van der Waals surface area contributed by atoms with Gasteiger partial charge in [0.15, 0.2) is 6.10 Å². The van der Waals surface area contributed by atoms with Gasteiger partial charge in [-0.05, 0) is 19.1 Å². The molecule has 108 valence electrons. The van der Waals surface area contributed by atoms with Crippen LogP contribution in [-0.2, 0) is 9.59 Å². The SMILES string of the molecule is CC(Oc1cccc(F)c1)C(=O)N1CC(CC(=O)O)C1. The van der Waals surface area contributed by atoms with Gasteiger partial charge in [0.2, 0.25) is 0 Å². The van der Waals surface area contributed by atoms with Gasteiger partial charge in [0.1, 0.15) is 11.6 Å². The third-order valence-electron chi connectivity index (χ3n) is 3.19. The van der Waals surface area contributed by atoms with Crippen molar-refractivity contribution in [3.8, 4) is 5.75 Å². The average Bonchev–Trinajstić information content (AvgIpc) is 2.32. The minimum absolute atomic E-state index is 0.0119. The van der Waals surface area contributed by atoms with Crippen LogP contribution in [0.1, 0.15) is 13.3 Å². The minimum atomic E-state index is -0.855. The summed E-state index contributed by atoms with van der Waals surface area (Å²) in [7, 11) is 0. The molecule has 0 radical (unpaired) electrons. The van der Waals surface area contributed by atoms with Gasteiger partial charge in [-0.3, -0.25) is 9.59 Å². The van der Waals surface area contributed by atoms with E-state index in [4.69, 9.17) is 9.84 Å². The molecule has 1 aromatic carbocycles. The molecule has 2 rings (SSSR count). The zero-order valence-corrected chi connectivity index (χ0v) is 11.1.